The smallest absolute Gasteiger partial charge is 0.260 e. The number of aryl methyl sites for hydroxylation is 4. The molecule has 0 N–H and O–H groups in total. The van der Waals surface area contributed by atoms with Gasteiger partial charge in [0.25, 0.3) is 5.91 Å². The fourth-order valence-corrected chi connectivity index (χ4v) is 4.92. The number of carbonyl (C=O) groups excluding carboxylic acids is 1. The molecular formula is C23H24Cl2N4OS. The highest BCUT2D eigenvalue weighted by Crippen LogP contribution is 2.36. The predicted octanol–water partition coefficient (Wildman–Crippen LogP) is 6.23. The van der Waals surface area contributed by atoms with Gasteiger partial charge in [-0.05, 0) is 51.0 Å². The van der Waals surface area contributed by atoms with Crippen molar-refractivity contribution in [1.82, 2.24) is 14.5 Å². The summed E-state index contributed by atoms with van der Waals surface area (Å²) in [6.45, 7) is 7.36. The highest BCUT2D eigenvalue weighted by atomic mass is 35.5. The molecule has 5 nitrogen and oxygen atoms in total. The van der Waals surface area contributed by atoms with E-state index < -0.39 is 0 Å². The lowest BCUT2D eigenvalue weighted by Gasteiger charge is -2.20. The van der Waals surface area contributed by atoms with Crippen LogP contribution in [0.4, 0.5) is 5.13 Å². The number of halogens is 2. The highest BCUT2D eigenvalue weighted by Gasteiger charge is 2.22. The number of nitrogens with zero attached hydrogens (tertiary/aromatic N) is 4. The standard InChI is InChI=1S/C23H23ClN4OS.ClH/c1-15-11-16(2)13-18(12-15)22(29)28(9-4-8-27-10-7-25-14-27)23-26-20-17(3)5-6-19(24)21(20)30-23;/h5-7,10-14H,4,8-9H2,1-3H3;1H. The van der Waals surface area contributed by atoms with E-state index in [9.17, 15) is 4.79 Å². The van der Waals surface area contributed by atoms with Gasteiger partial charge in [-0.3, -0.25) is 9.69 Å². The summed E-state index contributed by atoms with van der Waals surface area (Å²) in [5, 5.41) is 1.34. The largest absolute Gasteiger partial charge is 0.337 e. The first-order chi connectivity index (χ1) is 14.4. The number of fused-ring (bicyclic) bond motifs is 1. The van der Waals surface area contributed by atoms with E-state index in [1.807, 2.05) is 55.8 Å². The van der Waals surface area contributed by atoms with E-state index in [1.165, 1.54) is 11.3 Å². The Morgan fingerprint density at radius 3 is 2.55 bits per heavy atom. The van der Waals surface area contributed by atoms with Crippen molar-refractivity contribution in [2.45, 2.75) is 33.7 Å². The molecule has 0 saturated carbocycles. The number of rotatable bonds is 6. The quantitative estimate of drug-likeness (QED) is 0.332. The average Bonchev–Trinajstić information content (AvgIpc) is 3.37. The second kappa shape index (κ2) is 9.81. The lowest BCUT2D eigenvalue weighted by atomic mass is 10.1. The molecule has 0 fully saturated rings. The average molecular weight is 475 g/mol. The first kappa shape index (κ1) is 23.3. The van der Waals surface area contributed by atoms with Gasteiger partial charge in [-0.25, -0.2) is 9.97 Å². The third-order valence-corrected chi connectivity index (χ3v) is 6.53. The van der Waals surface area contributed by atoms with E-state index in [0.717, 1.165) is 39.9 Å². The van der Waals surface area contributed by atoms with Crippen molar-refractivity contribution in [3.05, 3.63) is 76.3 Å². The molecule has 162 valence electrons. The second-order valence-electron chi connectivity index (χ2n) is 7.53. The normalized spacial score (nSPS) is 10.8. The highest BCUT2D eigenvalue weighted by molar-refractivity contribution is 7.23. The maximum atomic E-state index is 13.5. The Hall–Kier alpha value is -2.41. The van der Waals surface area contributed by atoms with Crippen molar-refractivity contribution in [3.8, 4) is 0 Å². The Labute approximate surface area is 197 Å². The number of thiazole rings is 1. The van der Waals surface area contributed by atoms with Crippen LogP contribution in [0, 0.1) is 20.8 Å². The van der Waals surface area contributed by atoms with Crippen molar-refractivity contribution < 1.29 is 4.79 Å². The van der Waals surface area contributed by atoms with E-state index in [4.69, 9.17) is 16.6 Å². The fraction of sp³-hybridized carbons (Fsp3) is 0.261. The molecular weight excluding hydrogens is 451 g/mol. The van der Waals surface area contributed by atoms with Gasteiger partial charge in [-0.15, -0.1) is 12.4 Å². The summed E-state index contributed by atoms with van der Waals surface area (Å²) in [5.41, 5.74) is 4.72. The first-order valence-corrected chi connectivity index (χ1v) is 11.0. The maximum Gasteiger partial charge on any atom is 0.260 e. The minimum absolute atomic E-state index is 0. The number of amides is 1. The summed E-state index contributed by atoms with van der Waals surface area (Å²) in [6.07, 6.45) is 6.26. The number of hydrogen-bond donors (Lipinski definition) is 0. The Bertz CT molecular complexity index is 1140. The topological polar surface area (TPSA) is 51.0 Å². The van der Waals surface area contributed by atoms with Crippen LogP contribution in [-0.2, 0) is 6.54 Å². The summed E-state index contributed by atoms with van der Waals surface area (Å²) in [4.78, 5) is 24.2. The Morgan fingerprint density at radius 1 is 1.16 bits per heavy atom. The zero-order valence-electron chi connectivity index (χ0n) is 17.6. The SMILES string of the molecule is Cc1cc(C)cc(C(=O)N(CCCn2ccnc2)c2nc3c(C)ccc(Cl)c3s2)c1.Cl. The van der Waals surface area contributed by atoms with E-state index in [-0.39, 0.29) is 18.3 Å². The Morgan fingerprint density at radius 2 is 1.90 bits per heavy atom. The predicted molar refractivity (Wildman–Crippen MR) is 131 cm³/mol. The Kier molecular flexibility index (Phi) is 7.36. The van der Waals surface area contributed by atoms with Crippen LogP contribution in [0.2, 0.25) is 5.02 Å². The van der Waals surface area contributed by atoms with Gasteiger partial charge in [0.2, 0.25) is 0 Å². The van der Waals surface area contributed by atoms with Crippen molar-refractivity contribution in [2.24, 2.45) is 0 Å². The maximum absolute atomic E-state index is 13.5. The number of benzene rings is 2. The molecule has 0 aliphatic rings. The van der Waals surface area contributed by atoms with Gasteiger partial charge >= 0.3 is 0 Å². The second-order valence-corrected chi connectivity index (χ2v) is 8.91. The molecule has 1 amide bonds. The summed E-state index contributed by atoms with van der Waals surface area (Å²) in [5.74, 6) is -0.0414. The van der Waals surface area contributed by atoms with Crippen molar-refractivity contribution >= 4 is 56.6 Å². The van der Waals surface area contributed by atoms with E-state index in [1.54, 1.807) is 17.4 Å². The molecule has 4 rings (SSSR count). The van der Waals surface area contributed by atoms with Crippen molar-refractivity contribution in [2.75, 3.05) is 11.4 Å². The fourth-order valence-electron chi connectivity index (χ4n) is 3.57. The van der Waals surface area contributed by atoms with Gasteiger partial charge in [0.1, 0.15) is 0 Å². The molecule has 0 spiro atoms. The number of hydrogen-bond acceptors (Lipinski definition) is 4. The van der Waals surface area contributed by atoms with Gasteiger partial charge in [0.05, 0.1) is 21.6 Å². The first-order valence-electron chi connectivity index (χ1n) is 9.84. The van der Waals surface area contributed by atoms with E-state index in [2.05, 4.69) is 11.1 Å². The zero-order chi connectivity index (χ0) is 21.3. The van der Waals surface area contributed by atoms with Crippen molar-refractivity contribution in [1.29, 1.82) is 0 Å². The van der Waals surface area contributed by atoms with Crippen LogP contribution in [0.5, 0.6) is 0 Å². The van der Waals surface area contributed by atoms with Gasteiger partial charge in [-0.1, -0.05) is 46.2 Å². The summed E-state index contributed by atoms with van der Waals surface area (Å²) in [6, 6.07) is 9.79. The molecule has 0 saturated heterocycles. The van der Waals surface area contributed by atoms with Crippen LogP contribution in [-0.4, -0.2) is 27.0 Å². The minimum Gasteiger partial charge on any atom is -0.337 e. The lowest BCUT2D eigenvalue weighted by molar-refractivity contribution is 0.0986. The van der Waals surface area contributed by atoms with Crippen LogP contribution in [0.3, 0.4) is 0 Å². The van der Waals surface area contributed by atoms with Crippen LogP contribution in [0.15, 0.2) is 49.1 Å². The number of carbonyl (C=O) groups is 1. The van der Waals surface area contributed by atoms with Crippen LogP contribution < -0.4 is 4.90 Å². The Balaban J connectivity index is 0.00000272. The monoisotopic (exact) mass is 474 g/mol. The zero-order valence-corrected chi connectivity index (χ0v) is 20.0. The van der Waals surface area contributed by atoms with Crippen LogP contribution in [0.1, 0.15) is 33.5 Å². The van der Waals surface area contributed by atoms with Gasteiger partial charge in [0, 0.05) is 31.0 Å². The number of imidazole rings is 1. The number of anilines is 1. The van der Waals surface area contributed by atoms with Crippen LogP contribution >= 0.6 is 35.3 Å². The van der Waals surface area contributed by atoms with E-state index in [0.29, 0.717) is 22.3 Å². The van der Waals surface area contributed by atoms with Gasteiger partial charge in [-0.2, -0.15) is 0 Å². The molecule has 2 aromatic carbocycles. The third-order valence-electron chi connectivity index (χ3n) is 4.99. The van der Waals surface area contributed by atoms with Gasteiger partial charge in [0.15, 0.2) is 5.13 Å². The summed E-state index contributed by atoms with van der Waals surface area (Å²) >= 11 is 7.88. The molecule has 31 heavy (non-hydrogen) atoms. The van der Waals surface area contributed by atoms with Crippen LogP contribution in [0.25, 0.3) is 10.2 Å². The molecule has 0 radical (unpaired) electrons. The minimum atomic E-state index is -0.0414. The van der Waals surface area contributed by atoms with Gasteiger partial charge < -0.3 is 4.57 Å². The molecule has 2 aromatic heterocycles. The lowest BCUT2D eigenvalue weighted by Crippen LogP contribution is -2.32. The van der Waals surface area contributed by atoms with Crippen molar-refractivity contribution in [3.63, 3.8) is 0 Å². The number of aromatic nitrogens is 3. The molecule has 8 heteroatoms. The molecule has 0 aliphatic heterocycles. The molecule has 0 bridgehead atoms. The summed E-state index contributed by atoms with van der Waals surface area (Å²) in [7, 11) is 0. The molecule has 2 heterocycles. The third kappa shape index (κ3) is 5.09. The molecule has 0 atom stereocenters. The molecule has 0 unspecified atom stereocenters. The van der Waals surface area contributed by atoms with E-state index >= 15 is 0 Å². The summed E-state index contributed by atoms with van der Waals surface area (Å²) < 4.78 is 2.93. The molecule has 4 aromatic rings. The molecule has 0 aliphatic carbocycles.